The van der Waals surface area contributed by atoms with E-state index in [1.54, 1.807) is 0 Å². The van der Waals surface area contributed by atoms with Gasteiger partial charge in [0.05, 0.1) is 6.10 Å². The molecule has 21 heavy (non-hydrogen) atoms. The van der Waals surface area contributed by atoms with Crippen LogP contribution in [0, 0.1) is 5.82 Å². The van der Waals surface area contributed by atoms with E-state index in [-0.39, 0.29) is 12.2 Å². The molecule has 1 atom stereocenters. The van der Waals surface area contributed by atoms with Gasteiger partial charge in [-0.25, -0.2) is 9.18 Å². The van der Waals surface area contributed by atoms with E-state index in [1.165, 1.54) is 11.0 Å². The second-order valence-electron chi connectivity index (χ2n) is 4.70. The van der Waals surface area contributed by atoms with E-state index in [2.05, 4.69) is 10.1 Å². The molecule has 0 spiro atoms. The summed E-state index contributed by atoms with van der Waals surface area (Å²) in [6, 6.07) is 2.70. The molecule has 2 N–H and O–H groups in total. The number of nitrogens with one attached hydrogen (secondary N) is 1. The number of aliphatic hydroxyl groups excluding tert-OH is 1. The molecule has 0 aromatic heterocycles. The summed E-state index contributed by atoms with van der Waals surface area (Å²) < 4.78 is 41.5. The van der Waals surface area contributed by atoms with Crippen molar-refractivity contribution in [3.05, 3.63) is 24.0 Å². The van der Waals surface area contributed by atoms with Gasteiger partial charge in [-0.2, -0.15) is 8.78 Å². The normalized spacial score (nSPS) is 18.7. The number of rotatable bonds is 3. The number of aliphatic hydroxyl groups is 1. The number of amides is 2. The molecule has 2 amide bonds. The Hall–Kier alpha value is -1.96. The standard InChI is InChI=1S/C13H15F3N2O3/c14-10-6-8(3-4-11(10)21-12(15)16)17-13(20)18-5-1-2-9(19)7-18/h3-4,6,9,12,19H,1-2,5,7H2,(H,17,20)/t9-/m0/s1. The molecule has 8 heteroatoms. The lowest BCUT2D eigenvalue weighted by Crippen LogP contribution is -2.44. The van der Waals surface area contributed by atoms with Gasteiger partial charge in [-0.3, -0.25) is 0 Å². The van der Waals surface area contributed by atoms with Crippen LogP contribution in [0.5, 0.6) is 5.75 Å². The molecule has 1 aliphatic heterocycles. The summed E-state index contributed by atoms with van der Waals surface area (Å²) in [5.41, 5.74) is 0.124. The number of carbonyl (C=O) groups is 1. The third kappa shape index (κ3) is 4.25. The number of alkyl halides is 2. The molecule has 0 aliphatic carbocycles. The minimum atomic E-state index is -3.12. The van der Waals surface area contributed by atoms with Crippen LogP contribution in [0.25, 0.3) is 0 Å². The first-order valence-electron chi connectivity index (χ1n) is 6.44. The topological polar surface area (TPSA) is 61.8 Å². The van der Waals surface area contributed by atoms with Crippen LogP contribution in [0.3, 0.4) is 0 Å². The minimum absolute atomic E-state index is 0.124. The van der Waals surface area contributed by atoms with Crippen LogP contribution >= 0.6 is 0 Å². The van der Waals surface area contributed by atoms with Crippen molar-refractivity contribution in [3.8, 4) is 5.75 Å². The van der Waals surface area contributed by atoms with Crippen LogP contribution in [-0.2, 0) is 0 Å². The smallest absolute Gasteiger partial charge is 0.387 e. The molecule has 0 unspecified atom stereocenters. The number of anilines is 1. The third-order valence-electron chi connectivity index (χ3n) is 3.08. The molecule has 0 saturated carbocycles. The summed E-state index contributed by atoms with van der Waals surface area (Å²) in [5, 5.41) is 11.9. The molecule has 116 valence electrons. The van der Waals surface area contributed by atoms with Crippen LogP contribution in [0.15, 0.2) is 18.2 Å². The zero-order valence-corrected chi connectivity index (χ0v) is 11.1. The van der Waals surface area contributed by atoms with Crippen LogP contribution in [0.4, 0.5) is 23.7 Å². The molecule has 1 aromatic carbocycles. The average molecular weight is 304 g/mol. The van der Waals surface area contributed by atoms with E-state index in [4.69, 9.17) is 0 Å². The van der Waals surface area contributed by atoms with Gasteiger partial charge >= 0.3 is 12.6 Å². The Kier molecular flexibility index (Phi) is 4.89. The van der Waals surface area contributed by atoms with Crippen molar-refractivity contribution in [2.45, 2.75) is 25.6 Å². The van der Waals surface area contributed by atoms with Crippen molar-refractivity contribution < 1.29 is 27.8 Å². The minimum Gasteiger partial charge on any atom is -0.432 e. The van der Waals surface area contributed by atoms with Crippen molar-refractivity contribution >= 4 is 11.7 Å². The highest BCUT2D eigenvalue weighted by molar-refractivity contribution is 5.89. The number of piperidine rings is 1. The van der Waals surface area contributed by atoms with Crippen LogP contribution in [0.2, 0.25) is 0 Å². The van der Waals surface area contributed by atoms with E-state index in [0.717, 1.165) is 12.1 Å². The number of urea groups is 1. The van der Waals surface area contributed by atoms with Crippen molar-refractivity contribution in [1.82, 2.24) is 4.90 Å². The Morgan fingerprint density at radius 3 is 2.86 bits per heavy atom. The predicted molar refractivity (Wildman–Crippen MR) is 68.9 cm³/mol. The Bertz CT molecular complexity index is 513. The van der Waals surface area contributed by atoms with E-state index in [0.29, 0.717) is 19.4 Å². The van der Waals surface area contributed by atoms with Gasteiger partial charge in [-0.1, -0.05) is 0 Å². The summed E-state index contributed by atoms with van der Waals surface area (Å²) in [6.45, 7) is -2.41. The van der Waals surface area contributed by atoms with Crippen molar-refractivity contribution in [3.63, 3.8) is 0 Å². The molecule has 1 aliphatic rings. The fraction of sp³-hybridized carbons (Fsp3) is 0.462. The molecule has 1 aromatic rings. The Labute approximate surface area is 119 Å². The van der Waals surface area contributed by atoms with Gasteiger partial charge in [-0.05, 0) is 25.0 Å². The maximum Gasteiger partial charge on any atom is 0.387 e. The number of β-amino-alcohol motifs (C(OH)–C–C–N with tert-alkyl or cyclic N) is 1. The fourth-order valence-corrected chi connectivity index (χ4v) is 2.11. The maximum absolute atomic E-state index is 13.5. The van der Waals surface area contributed by atoms with Crippen LogP contribution < -0.4 is 10.1 Å². The van der Waals surface area contributed by atoms with Gasteiger partial charge < -0.3 is 20.1 Å². The first-order chi connectivity index (χ1) is 9.95. The van der Waals surface area contributed by atoms with Gasteiger partial charge in [0.25, 0.3) is 0 Å². The SMILES string of the molecule is O=C(Nc1ccc(OC(F)F)c(F)c1)N1CCC[C@H](O)C1. The number of likely N-dealkylation sites (tertiary alicyclic amines) is 1. The largest absolute Gasteiger partial charge is 0.432 e. The summed E-state index contributed by atoms with van der Waals surface area (Å²) in [6.07, 6.45) is 0.755. The lowest BCUT2D eigenvalue weighted by atomic mass is 10.1. The molecular weight excluding hydrogens is 289 g/mol. The summed E-state index contributed by atoms with van der Waals surface area (Å²) in [5.74, 6) is -1.58. The highest BCUT2D eigenvalue weighted by Gasteiger charge is 2.22. The zero-order chi connectivity index (χ0) is 15.4. The van der Waals surface area contributed by atoms with Gasteiger partial charge in [0, 0.05) is 24.8 Å². The Morgan fingerprint density at radius 2 is 2.24 bits per heavy atom. The molecule has 2 rings (SSSR count). The highest BCUT2D eigenvalue weighted by Crippen LogP contribution is 2.23. The summed E-state index contributed by atoms with van der Waals surface area (Å²) in [7, 11) is 0. The van der Waals surface area contributed by atoms with E-state index in [1.807, 2.05) is 0 Å². The van der Waals surface area contributed by atoms with Crippen LogP contribution in [-0.4, -0.2) is 41.8 Å². The quantitative estimate of drug-likeness (QED) is 0.901. The summed E-state index contributed by atoms with van der Waals surface area (Å²) >= 11 is 0. The van der Waals surface area contributed by atoms with E-state index < -0.39 is 30.3 Å². The van der Waals surface area contributed by atoms with Crippen LogP contribution in [0.1, 0.15) is 12.8 Å². The van der Waals surface area contributed by atoms with E-state index >= 15 is 0 Å². The zero-order valence-electron chi connectivity index (χ0n) is 11.1. The second-order valence-corrected chi connectivity index (χ2v) is 4.70. The van der Waals surface area contributed by atoms with E-state index in [9.17, 15) is 23.1 Å². The number of carbonyl (C=O) groups excluding carboxylic acids is 1. The highest BCUT2D eigenvalue weighted by atomic mass is 19.3. The molecule has 5 nitrogen and oxygen atoms in total. The summed E-state index contributed by atoms with van der Waals surface area (Å²) in [4.78, 5) is 13.3. The first-order valence-corrected chi connectivity index (χ1v) is 6.44. The molecule has 1 heterocycles. The molecule has 0 radical (unpaired) electrons. The number of benzene rings is 1. The van der Waals surface area contributed by atoms with Gasteiger partial charge in [-0.15, -0.1) is 0 Å². The van der Waals surface area contributed by atoms with Crippen molar-refractivity contribution in [1.29, 1.82) is 0 Å². The number of ether oxygens (including phenoxy) is 1. The lowest BCUT2D eigenvalue weighted by molar-refractivity contribution is -0.0521. The van der Waals surface area contributed by atoms with Crippen molar-refractivity contribution in [2.24, 2.45) is 0 Å². The Balaban J connectivity index is 1.99. The van der Waals surface area contributed by atoms with Gasteiger partial charge in [0.1, 0.15) is 0 Å². The molecule has 1 saturated heterocycles. The molecular formula is C13H15F3N2O3. The maximum atomic E-state index is 13.5. The average Bonchev–Trinajstić information content (AvgIpc) is 2.41. The number of hydrogen-bond donors (Lipinski definition) is 2. The molecule has 1 fully saturated rings. The first kappa shape index (κ1) is 15.4. The third-order valence-corrected chi connectivity index (χ3v) is 3.08. The second kappa shape index (κ2) is 6.66. The monoisotopic (exact) mass is 304 g/mol. The number of nitrogens with zero attached hydrogens (tertiary/aromatic N) is 1. The number of hydrogen-bond acceptors (Lipinski definition) is 3. The van der Waals surface area contributed by atoms with Gasteiger partial charge in [0.15, 0.2) is 11.6 Å². The van der Waals surface area contributed by atoms with Crippen molar-refractivity contribution in [2.75, 3.05) is 18.4 Å². The van der Waals surface area contributed by atoms with Gasteiger partial charge in [0.2, 0.25) is 0 Å². The molecule has 0 bridgehead atoms. The fourth-order valence-electron chi connectivity index (χ4n) is 2.11. The number of halogens is 3. The predicted octanol–water partition coefficient (Wildman–Crippen LogP) is 2.42. The Morgan fingerprint density at radius 1 is 1.48 bits per heavy atom. The lowest BCUT2D eigenvalue weighted by Gasteiger charge is -2.30.